The van der Waals surface area contributed by atoms with Gasteiger partial charge in [0.25, 0.3) is 0 Å². The van der Waals surface area contributed by atoms with Crippen LogP contribution >= 0.6 is 0 Å². The van der Waals surface area contributed by atoms with Crippen molar-refractivity contribution in [2.75, 3.05) is 30.3 Å². The van der Waals surface area contributed by atoms with Gasteiger partial charge in [-0.1, -0.05) is 18.6 Å². The summed E-state index contributed by atoms with van der Waals surface area (Å²) in [5.41, 5.74) is 1.53. The third-order valence-corrected chi connectivity index (χ3v) is 5.13. The Labute approximate surface area is 152 Å². The maximum Gasteiger partial charge on any atom is 0.246 e. The fourth-order valence-electron chi connectivity index (χ4n) is 3.82. The highest BCUT2D eigenvalue weighted by atomic mass is 19.1. The highest BCUT2D eigenvalue weighted by molar-refractivity contribution is 5.97. The van der Waals surface area contributed by atoms with E-state index in [4.69, 9.17) is 0 Å². The number of hydrogen-bond acceptors (Lipinski definition) is 4. The van der Waals surface area contributed by atoms with E-state index >= 15 is 0 Å². The number of benzene rings is 1. The Kier molecular flexibility index (Phi) is 4.88. The first kappa shape index (κ1) is 17.0. The van der Waals surface area contributed by atoms with Gasteiger partial charge in [-0.3, -0.25) is 9.69 Å². The van der Waals surface area contributed by atoms with Crippen molar-refractivity contribution in [3.63, 3.8) is 0 Å². The van der Waals surface area contributed by atoms with E-state index in [0.29, 0.717) is 5.69 Å². The van der Waals surface area contributed by atoms with Gasteiger partial charge >= 0.3 is 0 Å². The highest BCUT2D eigenvalue weighted by Gasteiger charge is 2.30. The Morgan fingerprint density at radius 3 is 2.65 bits per heavy atom. The second kappa shape index (κ2) is 7.45. The molecule has 1 fully saturated rings. The average molecular weight is 357 g/mol. The molecule has 4 rings (SSSR count). The lowest BCUT2D eigenvalue weighted by atomic mass is 10.0. The molecule has 1 aromatic carbocycles. The fraction of sp³-hybridized carbons (Fsp3) is 0.474. The Morgan fingerprint density at radius 2 is 1.88 bits per heavy atom. The summed E-state index contributed by atoms with van der Waals surface area (Å²) < 4.78 is 15.2. The summed E-state index contributed by atoms with van der Waals surface area (Å²) in [6, 6.07) is 5.83. The van der Waals surface area contributed by atoms with Crippen LogP contribution in [0.5, 0.6) is 0 Å². The van der Waals surface area contributed by atoms with Crippen LogP contribution in [0.1, 0.15) is 37.3 Å². The number of likely N-dealkylation sites (tertiary alicyclic amines) is 1. The zero-order valence-corrected chi connectivity index (χ0v) is 14.7. The molecule has 1 aromatic heterocycles. The van der Waals surface area contributed by atoms with Crippen LogP contribution in [0.25, 0.3) is 0 Å². The first-order valence-corrected chi connectivity index (χ1v) is 9.32. The summed E-state index contributed by atoms with van der Waals surface area (Å²) in [6.45, 7) is 3.48. The predicted molar refractivity (Wildman–Crippen MR) is 98.5 cm³/mol. The van der Waals surface area contributed by atoms with E-state index in [0.717, 1.165) is 56.8 Å². The SMILES string of the molecule is O=C(Nc1cnn2c1NCCC2)C(c1ccc(F)cc1)N1CCCCC1. The van der Waals surface area contributed by atoms with Gasteiger partial charge < -0.3 is 10.6 Å². The van der Waals surface area contributed by atoms with Gasteiger partial charge in [-0.05, 0) is 50.0 Å². The fourth-order valence-corrected chi connectivity index (χ4v) is 3.82. The molecule has 0 radical (unpaired) electrons. The number of carbonyl (C=O) groups excluding carboxylic acids is 1. The molecule has 0 spiro atoms. The van der Waals surface area contributed by atoms with E-state index in [1.165, 1.54) is 18.6 Å². The quantitative estimate of drug-likeness (QED) is 0.883. The Morgan fingerprint density at radius 1 is 1.12 bits per heavy atom. The minimum Gasteiger partial charge on any atom is -0.368 e. The number of aromatic nitrogens is 2. The number of halogens is 1. The number of nitrogens with one attached hydrogen (secondary N) is 2. The van der Waals surface area contributed by atoms with Crippen molar-refractivity contribution in [3.05, 3.63) is 41.8 Å². The maximum absolute atomic E-state index is 13.4. The van der Waals surface area contributed by atoms with Gasteiger partial charge in [0, 0.05) is 13.1 Å². The van der Waals surface area contributed by atoms with Crippen LogP contribution in [0.2, 0.25) is 0 Å². The molecule has 2 aliphatic heterocycles. The molecular formula is C19H24FN5O. The average Bonchev–Trinajstić information content (AvgIpc) is 3.07. The highest BCUT2D eigenvalue weighted by Crippen LogP contribution is 2.29. The molecule has 1 amide bonds. The lowest BCUT2D eigenvalue weighted by Gasteiger charge is -2.34. The largest absolute Gasteiger partial charge is 0.368 e. The summed E-state index contributed by atoms with van der Waals surface area (Å²) in [6.07, 6.45) is 6.07. The van der Waals surface area contributed by atoms with E-state index in [2.05, 4.69) is 20.6 Å². The smallest absolute Gasteiger partial charge is 0.246 e. The molecular weight excluding hydrogens is 333 g/mol. The van der Waals surface area contributed by atoms with E-state index in [9.17, 15) is 9.18 Å². The molecule has 1 saturated heterocycles. The number of carbonyl (C=O) groups is 1. The number of amides is 1. The summed E-state index contributed by atoms with van der Waals surface area (Å²) in [4.78, 5) is 15.4. The summed E-state index contributed by atoms with van der Waals surface area (Å²) in [7, 11) is 0. The van der Waals surface area contributed by atoms with Crippen LogP contribution in [0.15, 0.2) is 30.5 Å². The number of piperidine rings is 1. The van der Waals surface area contributed by atoms with Crippen molar-refractivity contribution in [2.45, 2.75) is 38.3 Å². The molecule has 1 atom stereocenters. The third-order valence-electron chi connectivity index (χ3n) is 5.13. The third kappa shape index (κ3) is 3.44. The predicted octanol–water partition coefficient (Wildman–Crippen LogP) is 3.00. The minimum atomic E-state index is -0.421. The zero-order chi connectivity index (χ0) is 17.9. The van der Waals surface area contributed by atoms with Crippen LogP contribution in [0.3, 0.4) is 0 Å². The second-order valence-electron chi connectivity index (χ2n) is 6.95. The molecule has 138 valence electrons. The summed E-state index contributed by atoms with van der Waals surface area (Å²) in [5, 5.41) is 10.7. The number of hydrogen-bond donors (Lipinski definition) is 2. The molecule has 1 unspecified atom stereocenters. The van der Waals surface area contributed by atoms with Crippen LogP contribution in [0, 0.1) is 5.82 Å². The molecule has 3 heterocycles. The van der Waals surface area contributed by atoms with E-state index in [1.54, 1.807) is 18.3 Å². The maximum atomic E-state index is 13.4. The van der Waals surface area contributed by atoms with Crippen LogP contribution in [0.4, 0.5) is 15.9 Å². The lowest BCUT2D eigenvalue weighted by molar-refractivity contribution is -0.122. The van der Waals surface area contributed by atoms with Crippen molar-refractivity contribution in [2.24, 2.45) is 0 Å². The van der Waals surface area contributed by atoms with Gasteiger partial charge in [-0.2, -0.15) is 5.10 Å². The van der Waals surface area contributed by atoms with Crippen molar-refractivity contribution >= 4 is 17.4 Å². The normalized spacial score (nSPS) is 18.7. The van der Waals surface area contributed by atoms with E-state index < -0.39 is 6.04 Å². The van der Waals surface area contributed by atoms with Gasteiger partial charge in [0.05, 0.1) is 6.20 Å². The molecule has 2 N–H and O–H groups in total. The first-order chi connectivity index (χ1) is 12.7. The molecule has 0 bridgehead atoms. The lowest BCUT2D eigenvalue weighted by Crippen LogP contribution is -2.40. The number of anilines is 2. The van der Waals surface area contributed by atoms with Crippen molar-refractivity contribution in [3.8, 4) is 0 Å². The summed E-state index contributed by atoms with van der Waals surface area (Å²) >= 11 is 0. The number of fused-ring (bicyclic) bond motifs is 1. The Hall–Kier alpha value is -2.41. The van der Waals surface area contributed by atoms with Crippen molar-refractivity contribution < 1.29 is 9.18 Å². The molecule has 0 aliphatic carbocycles. The van der Waals surface area contributed by atoms with Gasteiger partial charge in [-0.15, -0.1) is 0 Å². The van der Waals surface area contributed by atoms with E-state index in [-0.39, 0.29) is 11.7 Å². The van der Waals surface area contributed by atoms with Crippen LogP contribution in [-0.4, -0.2) is 40.2 Å². The topological polar surface area (TPSA) is 62.2 Å². The van der Waals surface area contributed by atoms with Crippen LogP contribution < -0.4 is 10.6 Å². The molecule has 26 heavy (non-hydrogen) atoms. The number of rotatable bonds is 4. The van der Waals surface area contributed by atoms with Gasteiger partial charge in [0.1, 0.15) is 23.4 Å². The van der Waals surface area contributed by atoms with E-state index in [1.807, 2.05) is 4.68 Å². The second-order valence-corrected chi connectivity index (χ2v) is 6.95. The molecule has 2 aromatic rings. The van der Waals surface area contributed by atoms with Gasteiger partial charge in [0.2, 0.25) is 5.91 Å². The Balaban J connectivity index is 1.59. The zero-order valence-electron chi connectivity index (χ0n) is 14.7. The molecule has 6 nitrogen and oxygen atoms in total. The first-order valence-electron chi connectivity index (χ1n) is 9.32. The van der Waals surface area contributed by atoms with Crippen molar-refractivity contribution in [1.29, 1.82) is 0 Å². The van der Waals surface area contributed by atoms with Gasteiger partial charge in [-0.25, -0.2) is 9.07 Å². The van der Waals surface area contributed by atoms with Crippen molar-refractivity contribution in [1.82, 2.24) is 14.7 Å². The standard InChI is InChI=1S/C19H24FN5O/c20-15-7-5-14(6-8-15)17(24-10-2-1-3-11-24)19(26)23-16-13-22-25-12-4-9-21-18(16)25/h5-8,13,17,21H,1-4,9-12H2,(H,23,26). The monoisotopic (exact) mass is 357 g/mol. The number of aryl methyl sites for hydroxylation is 1. The van der Waals surface area contributed by atoms with Crippen LogP contribution in [-0.2, 0) is 11.3 Å². The van der Waals surface area contributed by atoms with Gasteiger partial charge in [0.15, 0.2) is 0 Å². The molecule has 7 heteroatoms. The number of nitrogens with zero attached hydrogens (tertiary/aromatic N) is 3. The summed E-state index contributed by atoms with van der Waals surface area (Å²) in [5.74, 6) is 0.476. The molecule has 0 saturated carbocycles. The Bertz CT molecular complexity index is 767. The molecule has 2 aliphatic rings. The minimum absolute atomic E-state index is 0.0957.